The minimum atomic E-state index is -0.633. The first-order chi connectivity index (χ1) is 11.9. The van der Waals surface area contributed by atoms with Crippen molar-refractivity contribution in [2.24, 2.45) is 5.10 Å². The molecule has 0 radical (unpaired) electrons. The van der Waals surface area contributed by atoms with Crippen LogP contribution in [0, 0.1) is 17.1 Å². The summed E-state index contributed by atoms with van der Waals surface area (Å²) in [5.74, 6) is -0.696. The van der Waals surface area contributed by atoms with Crippen LogP contribution in [0.5, 0.6) is 5.75 Å². The molecule has 8 heteroatoms. The summed E-state index contributed by atoms with van der Waals surface area (Å²) >= 11 is 11.6. The monoisotopic (exact) mass is 379 g/mol. The Bertz CT molecular complexity index is 861. The number of rotatable bonds is 5. The van der Waals surface area contributed by atoms with Crippen LogP contribution in [0.2, 0.25) is 10.0 Å². The highest BCUT2D eigenvalue weighted by molar-refractivity contribution is 6.37. The van der Waals surface area contributed by atoms with E-state index in [2.05, 4.69) is 10.5 Å². The van der Waals surface area contributed by atoms with Gasteiger partial charge in [0, 0.05) is 5.56 Å². The van der Waals surface area contributed by atoms with Crippen molar-refractivity contribution in [2.75, 3.05) is 6.61 Å². The van der Waals surface area contributed by atoms with Gasteiger partial charge in [-0.05, 0) is 43.3 Å². The summed E-state index contributed by atoms with van der Waals surface area (Å²) < 4.78 is 18.8. The van der Waals surface area contributed by atoms with Crippen LogP contribution in [-0.4, -0.2) is 18.2 Å². The summed E-state index contributed by atoms with van der Waals surface area (Å²) in [4.78, 5) is 11.8. The molecule has 0 fully saturated rings. The molecule has 1 N–H and O–H groups in total. The Balaban J connectivity index is 1.95. The van der Waals surface area contributed by atoms with Crippen LogP contribution in [0.4, 0.5) is 4.39 Å². The number of amides is 1. The highest BCUT2D eigenvalue weighted by Gasteiger charge is 2.10. The lowest BCUT2D eigenvalue weighted by atomic mass is 10.1. The standard InChI is InChI=1S/C17H12Cl2FN3O2/c1-10(13-6-16(20)15(19)7-14(13)18)22-23-17(24)9-25-12-4-2-11(8-21)3-5-12/h2-7H,9H2,1H3,(H,23,24)/b22-10-. The van der Waals surface area contributed by atoms with E-state index in [1.165, 1.54) is 6.07 Å². The Morgan fingerprint density at radius 1 is 1.28 bits per heavy atom. The van der Waals surface area contributed by atoms with Gasteiger partial charge in [0.15, 0.2) is 6.61 Å². The maximum atomic E-state index is 13.5. The van der Waals surface area contributed by atoms with Gasteiger partial charge in [0.1, 0.15) is 11.6 Å². The van der Waals surface area contributed by atoms with E-state index in [4.69, 9.17) is 33.2 Å². The molecule has 0 aliphatic heterocycles. The van der Waals surface area contributed by atoms with Gasteiger partial charge in [0.2, 0.25) is 0 Å². The van der Waals surface area contributed by atoms with E-state index < -0.39 is 11.7 Å². The van der Waals surface area contributed by atoms with E-state index in [0.717, 1.165) is 6.07 Å². The van der Waals surface area contributed by atoms with Gasteiger partial charge >= 0.3 is 0 Å². The van der Waals surface area contributed by atoms with Crippen LogP contribution < -0.4 is 10.2 Å². The molecule has 0 atom stereocenters. The second kappa shape index (κ2) is 8.47. The Labute approximate surface area is 153 Å². The first-order valence-corrected chi connectivity index (χ1v) is 7.77. The molecule has 5 nitrogen and oxygen atoms in total. The van der Waals surface area contributed by atoms with E-state index in [-0.39, 0.29) is 16.7 Å². The maximum Gasteiger partial charge on any atom is 0.277 e. The fourth-order valence-corrected chi connectivity index (χ4v) is 2.33. The number of nitrogens with zero attached hydrogens (tertiary/aromatic N) is 2. The number of ether oxygens (including phenoxy) is 1. The molecule has 0 aliphatic rings. The largest absolute Gasteiger partial charge is 0.484 e. The van der Waals surface area contributed by atoms with Crippen LogP contribution >= 0.6 is 23.2 Å². The number of benzene rings is 2. The number of hydrogen-bond donors (Lipinski definition) is 1. The van der Waals surface area contributed by atoms with E-state index in [1.807, 2.05) is 6.07 Å². The maximum absolute atomic E-state index is 13.5. The van der Waals surface area contributed by atoms with Crippen molar-refractivity contribution in [3.8, 4) is 11.8 Å². The van der Waals surface area contributed by atoms with Gasteiger partial charge in [-0.1, -0.05) is 23.2 Å². The SMILES string of the molecule is C/C(=N/NC(=O)COc1ccc(C#N)cc1)c1cc(F)c(Cl)cc1Cl. The molecule has 2 aromatic carbocycles. The Hall–Kier alpha value is -2.62. The fraction of sp³-hybridized carbons (Fsp3) is 0.118. The zero-order valence-electron chi connectivity index (χ0n) is 13.0. The molecule has 1 amide bonds. The van der Waals surface area contributed by atoms with Crippen molar-refractivity contribution in [2.45, 2.75) is 6.92 Å². The van der Waals surface area contributed by atoms with Crippen molar-refractivity contribution in [3.63, 3.8) is 0 Å². The lowest BCUT2D eigenvalue weighted by molar-refractivity contribution is -0.123. The number of carbonyl (C=O) groups is 1. The zero-order chi connectivity index (χ0) is 18.4. The normalized spacial score (nSPS) is 10.9. The Morgan fingerprint density at radius 3 is 2.60 bits per heavy atom. The van der Waals surface area contributed by atoms with Crippen molar-refractivity contribution in [1.29, 1.82) is 5.26 Å². The molecule has 0 bridgehead atoms. The minimum Gasteiger partial charge on any atom is -0.484 e. The highest BCUT2D eigenvalue weighted by Crippen LogP contribution is 2.24. The lowest BCUT2D eigenvalue weighted by Crippen LogP contribution is -2.25. The molecule has 0 saturated carbocycles. The second-order valence-corrected chi connectivity index (χ2v) is 5.72. The van der Waals surface area contributed by atoms with Gasteiger partial charge in [0.05, 0.1) is 27.4 Å². The Kier molecular flexibility index (Phi) is 6.34. The smallest absolute Gasteiger partial charge is 0.277 e. The average Bonchev–Trinajstić information content (AvgIpc) is 2.61. The summed E-state index contributed by atoms with van der Waals surface area (Å²) in [6, 6.07) is 10.7. The predicted octanol–water partition coefficient (Wildman–Crippen LogP) is 3.92. The predicted molar refractivity (Wildman–Crippen MR) is 93.4 cm³/mol. The molecule has 0 aromatic heterocycles. The van der Waals surface area contributed by atoms with E-state index in [9.17, 15) is 9.18 Å². The number of halogens is 3. The van der Waals surface area contributed by atoms with Gasteiger partial charge in [0.25, 0.3) is 5.91 Å². The van der Waals surface area contributed by atoms with Crippen LogP contribution in [0.3, 0.4) is 0 Å². The molecule has 128 valence electrons. The van der Waals surface area contributed by atoms with E-state index in [0.29, 0.717) is 22.6 Å². The molecule has 0 saturated heterocycles. The van der Waals surface area contributed by atoms with Gasteiger partial charge < -0.3 is 4.74 Å². The summed E-state index contributed by atoms with van der Waals surface area (Å²) in [6.07, 6.45) is 0. The summed E-state index contributed by atoms with van der Waals surface area (Å²) in [5.41, 5.74) is 3.41. The molecule has 0 spiro atoms. The summed E-state index contributed by atoms with van der Waals surface area (Å²) in [5, 5.41) is 12.7. The number of hydrazone groups is 1. The first-order valence-electron chi connectivity index (χ1n) is 7.01. The molecular weight excluding hydrogens is 368 g/mol. The van der Waals surface area contributed by atoms with E-state index in [1.54, 1.807) is 31.2 Å². The topological polar surface area (TPSA) is 74.5 Å². The lowest BCUT2D eigenvalue weighted by Gasteiger charge is -2.07. The molecular formula is C17H12Cl2FN3O2. The van der Waals surface area contributed by atoms with Crippen molar-refractivity contribution in [1.82, 2.24) is 5.43 Å². The molecule has 25 heavy (non-hydrogen) atoms. The number of nitriles is 1. The van der Waals surface area contributed by atoms with Crippen molar-refractivity contribution in [3.05, 3.63) is 63.4 Å². The van der Waals surface area contributed by atoms with Gasteiger partial charge in [-0.2, -0.15) is 10.4 Å². The molecule has 2 aromatic rings. The van der Waals surface area contributed by atoms with Crippen LogP contribution in [0.1, 0.15) is 18.1 Å². The van der Waals surface area contributed by atoms with E-state index >= 15 is 0 Å². The third-order valence-corrected chi connectivity index (χ3v) is 3.70. The van der Waals surface area contributed by atoms with Gasteiger partial charge in [-0.15, -0.1) is 0 Å². The molecule has 0 aliphatic carbocycles. The fourth-order valence-electron chi connectivity index (χ4n) is 1.81. The highest BCUT2D eigenvalue weighted by atomic mass is 35.5. The second-order valence-electron chi connectivity index (χ2n) is 4.90. The van der Waals surface area contributed by atoms with Crippen LogP contribution in [-0.2, 0) is 4.79 Å². The number of carbonyl (C=O) groups excluding carboxylic acids is 1. The molecule has 0 heterocycles. The third kappa shape index (κ3) is 5.18. The third-order valence-electron chi connectivity index (χ3n) is 3.10. The summed E-state index contributed by atoms with van der Waals surface area (Å²) in [7, 11) is 0. The molecule has 2 rings (SSSR count). The minimum absolute atomic E-state index is 0.0959. The first kappa shape index (κ1) is 18.7. The van der Waals surface area contributed by atoms with Crippen LogP contribution in [0.15, 0.2) is 41.5 Å². The number of nitrogens with one attached hydrogen (secondary N) is 1. The summed E-state index contributed by atoms with van der Waals surface area (Å²) in [6.45, 7) is 1.29. The van der Waals surface area contributed by atoms with Gasteiger partial charge in [-0.25, -0.2) is 9.82 Å². The quantitative estimate of drug-likeness (QED) is 0.485. The van der Waals surface area contributed by atoms with Crippen LogP contribution in [0.25, 0.3) is 0 Å². The average molecular weight is 380 g/mol. The van der Waals surface area contributed by atoms with Crippen molar-refractivity contribution < 1.29 is 13.9 Å². The molecule has 0 unspecified atom stereocenters. The Morgan fingerprint density at radius 2 is 1.96 bits per heavy atom. The number of hydrogen-bond acceptors (Lipinski definition) is 4. The van der Waals surface area contributed by atoms with Gasteiger partial charge in [-0.3, -0.25) is 4.79 Å². The zero-order valence-corrected chi connectivity index (χ0v) is 14.5. The van der Waals surface area contributed by atoms with Crippen molar-refractivity contribution >= 4 is 34.8 Å².